The van der Waals surface area contributed by atoms with Gasteiger partial charge in [-0.15, -0.1) is 12.4 Å². The summed E-state index contributed by atoms with van der Waals surface area (Å²) in [6, 6.07) is 7.92. The van der Waals surface area contributed by atoms with Gasteiger partial charge in [0.25, 0.3) is 0 Å². The van der Waals surface area contributed by atoms with Crippen molar-refractivity contribution in [3.05, 3.63) is 29.8 Å². The molecule has 0 aliphatic heterocycles. The second-order valence-electron chi connectivity index (χ2n) is 4.92. The van der Waals surface area contributed by atoms with E-state index < -0.39 is 0 Å². The van der Waals surface area contributed by atoms with E-state index in [4.69, 9.17) is 0 Å². The fourth-order valence-electron chi connectivity index (χ4n) is 1.42. The van der Waals surface area contributed by atoms with Gasteiger partial charge in [0.05, 0.1) is 0 Å². The molecule has 1 amide bonds. The van der Waals surface area contributed by atoms with Crippen molar-refractivity contribution in [2.45, 2.75) is 33.7 Å². The number of hydrogen-bond acceptors (Lipinski definition) is 2. The van der Waals surface area contributed by atoms with E-state index >= 15 is 0 Å². The van der Waals surface area contributed by atoms with Crippen molar-refractivity contribution in [3.8, 4) is 0 Å². The van der Waals surface area contributed by atoms with Gasteiger partial charge in [-0.1, -0.05) is 32.9 Å². The zero-order valence-electron chi connectivity index (χ0n) is 11.5. The number of amides is 1. The lowest BCUT2D eigenvalue weighted by Crippen LogP contribution is -2.30. The first kappa shape index (κ1) is 16.9. The molecule has 0 fully saturated rings. The van der Waals surface area contributed by atoms with Crippen LogP contribution in [0.1, 0.15) is 32.8 Å². The molecule has 18 heavy (non-hydrogen) atoms. The maximum Gasteiger partial charge on any atom is 0.230 e. The summed E-state index contributed by atoms with van der Waals surface area (Å²) in [5.74, 6) is 0.0709. The maximum absolute atomic E-state index is 12.0. The molecule has 0 aromatic heterocycles. The highest BCUT2D eigenvalue weighted by molar-refractivity contribution is 5.94. The summed E-state index contributed by atoms with van der Waals surface area (Å²) >= 11 is 0. The van der Waals surface area contributed by atoms with Crippen LogP contribution in [0.2, 0.25) is 0 Å². The van der Waals surface area contributed by atoms with E-state index in [2.05, 4.69) is 10.6 Å². The summed E-state index contributed by atoms with van der Waals surface area (Å²) in [6.45, 7) is 6.75. The largest absolute Gasteiger partial charge is 0.326 e. The lowest BCUT2D eigenvalue weighted by Gasteiger charge is -2.21. The van der Waals surface area contributed by atoms with Crippen LogP contribution in [-0.2, 0) is 11.3 Å². The van der Waals surface area contributed by atoms with E-state index in [0.717, 1.165) is 18.7 Å². The summed E-state index contributed by atoms with van der Waals surface area (Å²) in [5.41, 5.74) is 1.71. The monoisotopic (exact) mass is 270 g/mol. The fourth-order valence-corrected chi connectivity index (χ4v) is 1.42. The number of benzene rings is 1. The number of carbonyl (C=O) groups excluding carboxylic acids is 1. The third kappa shape index (κ3) is 4.67. The van der Waals surface area contributed by atoms with E-state index in [-0.39, 0.29) is 23.7 Å². The van der Waals surface area contributed by atoms with Crippen LogP contribution >= 0.6 is 12.4 Å². The molecule has 1 aromatic carbocycles. The number of rotatable bonds is 5. The van der Waals surface area contributed by atoms with Crippen molar-refractivity contribution in [1.29, 1.82) is 0 Å². The van der Waals surface area contributed by atoms with Gasteiger partial charge in [-0.25, -0.2) is 0 Å². The van der Waals surface area contributed by atoms with E-state index in [0.29, 0.717) is 0 Å². The first-order chi connectivity index (χ1) is 7.99. The first-order valence-electron chi connectivity index (χ1n) is 6.04. The predicted octanol–water partition coefficient (Wildman–Crippen LogP) is 3.20. The van der Waals surface area contributed by atoms with Crippen molar-refractivity contribution in [2.75, 3.05) is 12.4 Å². The number of carbonyl (C=O) groups is 1. The standard InChI is InChI=1S/C14H22N2O.ClH/c1-5-14(2,3)13(17)16-12-8-6-7-11(9-12)10-15-4;/h6-9,15H,5,10H2,1-4H3,(H,16,17);1H. The molecule has 0 aliphatic carbocycles. The molecule has 102 valence electrons. The van der Waals surface area contributed by atoms with Crippen molar-refractivity contribution in [3.63, 3.8) is 0 Å². The Balaban J connectivity index is 0.00000289. The molecule has 1 rings (SSSR count). The molecular formula is C14H23ClN2O. The highest BCUT2D eigenvalue weighted by atomic mass is 35.5. The van der Waals surface area contributed by atoms with Gasteiger partial charge >= 0.3 is 0 Å². The summed E-state index contributed by atoms with van der Waals surface area (Å²) in [6.07, 6.45) is 0.828. The SMILES string of the molecule is CCC(C)(C)C(=O)Nc1cccc(CNC)c1.Cl. The van der Waals surface area contributed by atoms with Gasteiger partial charge in [0.2, 0.25) is 5.91 Å². The number of hydrogen-bond donors (Lipinski definition) is 2. The third-order valence-electron chi connectivity index (χ3n) is 3.06. The van der Waals surface area contributed by atoms with Crippen LogP contribution in [0.4, 0.5) is 5.69 Å². The topological polar surface area (TPSA) is 41.1 Å². The summed E-state index contributed by atoms with van der Waals surface area (Å²) in [7, 11) is 1.91. The van der Waals surface area contributed by atoms with Crippen LogP contribution in [0.5, 0.6) is 0 Å². The minimum atomic E-state index is -0.320. The summed E-state index contributed by atoms with van der Waals surface area (Å²) in [4.78, 5) is 12.0. The minimum absolute atomic E-state index is 0. The van der Waals surface area contributed by atoms with E-state index in [1.165, 1.54) is 5.56 Å². The van der Waals surface area contributed by atoms with Crippen molar-refractivity contribution < 1.29 is 4.79 Å². The molecule has 0 saturated heterocycles. The van der Waals surface area contributed by atoms with Crippen LogP contribution in [0.3, 0.4) is 0 Å². The summed E-state index contributed by atoms with van der Waals surface area (Å²) in [5, 5.41) is 6.06. The lowest BCUT2D eigenvalue weighted by molar-refractivity contribution is -0.124. The Morgan fingerprint density at radius 2 is 2.00 bits per heavy atom. The maximum atomic E-state index is 12.0. The highest BCUT2D eigenvalue weighted by Crippen LogP contribution is 2.22. The van der Waals surface area contributed by atoms with Gasteiger partial charge in [0.1, 0.15) is 0 Å². The Bertz CT molecular complexity index is 391. The molecule has 3 nitrogen and oxygen atoms in total. The van der Waals surface area contributed by atoms with Crippen molar-refractivity contribution in [1.82, 2.24) is 5.32 Å². The molecule has 0 aliphatic rings. The lowest BCUT2D eigenvalue weighted by atomic mass is 9.89. The van der Waals surface area contributed by atoms with Gasteiger partial charge in [0, 0.05) is 17.6 Å². The van der Waals surface area contributed by atoms with Crippen LogP contribution in [-0.4, -0.2) is 13.0 Å². The molecule has 0 bridgehead atoms. The van der Waals surface area contributed by atoms with E-state index in [9.17, 15) is 4.79 Å². The molecular weight excluding hydrogens is 248 g/mol. The van der Waals surface area contributed by atoms with Crippen LogP contribution in [0.25, 0.3) is 0 Å². The fraction of sp³-hybridized carbons (Fsp3) is 0.500. The molecule has 0 saturated carbocycles. The Labute approximate surface area is 116 Å². The highest BCUT2D eigenvalue weighted by Gasteiger charge is 2.25. The van der Waals surface area contributed by atoms with Crippen LogP contribution in [0.15, 0.2) is 24.3 Å². The quantitative estimate of drug-likeness (QED) is 0.863. The molecule has 0 atom stereocenters. The van der Waals surface area contributed by atoms with E-state index in [1.54, 1.807) is 0 Å². The van der Waals surface area contributed by atoms with E-state index in [1.807, 2.05) is 52.1 Å². The zero-order chi connectivity index (χ0) is 12.9. The molecule has 0 unspecified atom stereocenters. The van der Waals surface area contributed by atoms with Gasteiger partial charge in [-0.2, -0.15) is 0 Å². The smallest absolute Gasteiger partial charge is 0.230 e. The van der Waals surface area contributed by atoms with Gasteiger partial charge in [-0.3, -0.25) is 4.79 Å². The average molecular weight is 271 g/mol. The van der Waals surface area contributed by atoms with Gasteiger partial charge < -0.3 is 10.6 Å². The number of halogens is 1. The molecule has 0 spiro atoms. The van der Waals surface area contributed by atoms with Crippen LogP contribution in [0, 0.1) is 5.41 Å². The molecule has 0 heterocycles. The van der Waals surface area contributed by atoms with Gasteiger partial charge in [-0.05, 0) is 31.2 Å². The number of nitrogens with one attached hydrogen (secondary N) is 2. The van der Waals surface area contributed by atoms with Crippen LogP contribution < -0.4 is 10.6 Å². The predicted molar refractivity (Wildman–Crippen MR) is 79.2 cm³/mol. The Morgan fingerprint density at radius 1 is 1.33 bits per heavy atom. The third-order valence-corrected chi connectivity index (χ3v) is 3.06. The zero-order valence-corrected chi connectivity index (χ0v) is 12.4. The second kappa shape index (κ2) is 7.39. The average Bonchev–Trinajstić information content (AvgIpc) is 2.30. The van der Waals surface area contributed by atoms with Crippen molar-refractivity contribution in [2.24, 2.45) is 5.41 Å². The molecule has 4 heteroatoms. The molecule has 2 N–H and O–H groups in total. The minimum Gasteiger partial charge on any atom is -0.326 e. The molecule has 1 aromatic rings. The Kier molecular flexibility index (Phi) is 6.96. The normalized spacial score (nSPS) is 10.7. The second-order valence-corrected chi connectivity index (χ2v) is 4.92. The number of anilines is 1. The summed E-state index contributed by atoms with van der Waals surface area (Å²) < 4.78 is 0. The Morgan fingerprint density at radius 3 is 2.56 bits per heavy atom. The van der Waals surface area contributed by atoms with Crippen molar-refractivity contribution >= 4 is 24.0 Å². The first-order valence-corrected chi connectivity index (χ1v) is 6.04. The molecule has 0 radical (unpaired) electrons. The Hall–Kier alpha value is -1.06. The van der Waals surface area contributed by atoms with Gasteiger partial charge in [0.15, 0.2) is 0 Å².